The maximum atomic E-state index is 12.9. The standard InChI is InChI=1S/C30H26F3N3O4S2/c1-2-27-25(34-29(41-27)20-8-10-22(11-9-20)30(31,32)33)15-17-40-23-12-13-26-21(18-23)14-16-36(26)19-28(37)35-42(38,39)24-6-4-3-5-7-24/h3-14,16,18H,2,15,17,19H2,1H3,(H,35,37). The second kappa shape index (κ2) is 12.0. The number of nitrogens with zero attached hydrogens (tertiary/aromatic N) is 2. The van der Waals surface area contributed by atoms with E-state index in [0.29, 0.717) is 29.3 Å². The van der Waals surface area contributed by atoms with Crippen molar-refractivity contribution >= 4 is 38.2 Å². The van der Waals surface area contributed by atoms with Crippen LogP contribution in [0.5, 0.6) is 5.75 Å². The van der Waals surface area contributed by atoms with Gasteiger partial charge in [-0.15, -0.1) is 11.3 Å². The summed E-state index contributed by atoms with van der Waals surface area (Å²) in [4.78, 5) is 18.2. The predicted octanol–water partition coefficient (Wildman–Crippen LogP) is 6.47. The average molecular weight is 614 g/mol. The Morgan fingerprint density at radius 2 is 1.76 bits per heavy atom. The Labute approximate surface area is 244 Å². The number of rotatable bonds is 10. The Morgan fingerprint density at radius 3 is 2.45 bits per heavy atom. The van der Waals surface area contributed by atoms with Crippen molar-refractivity contribution < 1.29 is 31.1 Å². The first-order valence-corrected chi connectivity index (χ1v) is 15.3. The molecule has 0 bridgehead atoms. The number of carbonyl (C=O) groups excluding carboxylic acids is 1. The first kappa shape index (κ1) is 29.3. The van der Waals surface area contributed by atoms with Crippen LogP contribution in [0.4, 0.5) is 13.2 Å². The third kappa shape index (κ3) is 6.66. The molecule has 0 fully saturated rings. The second-order valence-electron chi connectivity index (χ2n) is 9.42. The summed E-state index contributed by atoms with van der Waals surface area (Å²) in [6.45, 7) is 2.17. The molecule has 2 aromatic heterocycles. The van der Waals surface area contributed by atoms with Gasteiger partial charge >= 0.3 is 6.18 Å². The topological polar surface area (TPSA) is 90.3 Å². The lowest BCUT2D eigenvalue weighted by molar-refractivity contribution is -0.137. The normalized spacial score (nSPS) is 12.0. The van der Waals surface area contributed by atoms with Gasteiger partial charge in [0.05, 0.1) is 22.8 Å². The number of sulfonamides is 1. The summed E-state index contributed by atoms with van der Waals surface area (Å²) >= 11 is 1.46. The van der Waals surface area contributed by atoms with Gasteiger partial charge < -0.3 is 9.30 Å². The van der Waals surface area contributed by atoms with E-state index in [1.165, 1.54) is 35.6 Å². The number of benzene rings is 3. The van der Waals surface area contributed by atoms with Crippen molar-refractivity contribution in [2.75, 3.05) is 6.61 Å². The van der Waals surface area contributed by atoms with Crippen LogP contribution in [0, 0.1) is 0 Å². The van der Waals surface area contributed by atoms with E-state index in [2.05, 4.69) is 9.71 Å². The lowest BCUT2D eigenvalue weighted by Gasteiger charge is -2.09. The first-order valence-electron chi connectivity index (χ1n) is 13.0. The molecule has 7 nitrogen and oxygen atoms in total. The zero-order chi connectivity index (χ0) is 29.9. The van der Waals surface area contributed by atoms with Crippen molar-refractivity contribution in [3.05, 3.63) is 101 Å². The highest BCUT2D eigenvalue weighted by atomic mass is 32.2. The van der Waals surface area contributed by atoms with E-state index in [1.54, 1.807) is 41.1 Å². The van der Waals surface area contributed by atoms with Gasteiger partial charge in [0.15, 0.2) is 0 Å². The van der Waals surface area contributed by atoms with Crippen LogP contribution in [0.2, 0.25) is 0 Å². The van der Waals surface area contributed by atoms with Gasteiger partial charge in [0.2, 0.25) is 0 Å². The minimum absolute atomic E-state index is 0.0111. The number of thiazole rings is 1. The van der Waals surface area contributed by atoms with Crippen LogP contribution < -0.4 is 9.46 Å². The van der Waals surface area contributed by atoms with E-state index >= 15 is 0 Å². The Bertz CT molecular complexity index is 1810. The van der Waals surface area contributed by atoms with E-state index in [0.717, 1.165) is 40.0 Å². The molecule has 0 aliphatic carbocycles. The molecule has 0 saturated heterocycles. The summed E-state index contributed by atoms with van der Waals surface area (Å²) in [5.74, 6) is -0.0464. The summed E-state index contributed by atoms with van der Waals surface area (Å²) in [6, 6.07) is 19.9. The fourth-order valence-corrected chi connectivity index (χ4v) is 6.50. The molecular formula is C30H26F3N3O4S2. The fraction of sp³-hybridized carbons (Fsp3) is 0.200. The molecule has 0 aliphatic rings. The second-order valence-corrected chi connectivity index (χ2v) is 12.2. The van der Waals surface area contributed by atoms with Crippen LogP contribution in [0.1, 0.15) is 23.1 Å². The molecule has 1 N–H and O–H groups in total. The van der Waals surface area contributed by atoms with Crippen molar-refractivity contribution in [3.63, 3.8) is 0 Å². The number of ether oxygens (including phenoxy) is 1. The van der Waals surface area contributed by atoms with E-state index < -0.39 is 27.7 Å². The van der Waals surface area contributed by atoms with Crippen LogP contribution >= 0.6 is 11.3 Å². The number of alkyl halides is 3. The maximum absolute atomic E-state index is 12.9. The van der Waals surface area contributed by atoms with Crippen molar-refractivity contribution in [2.24, 2.45) is 0 Å². The van der Waals surface area contributed by atoms with Crippen molar-refractivity contribution in [1.82, 2.24) is 14.3 Å². The van der Waals surface area contributed by atoms with Crippen LogP contribution in [0.25, 0.3) is 21.5 Å². The van der Waals surface area contributed by atoms with Gasteiger partial charge in [0.1, 0.15) is 17.3 Å². The van der Waals surface area contributed by atoms with Crippen molar-refractivity contribution in [1.29, 1.82) is 0 Å². The van der Waals surface area contributed by atoms with Gasteiger partial charge in [-0.1, -0.05) is 37.3 Å². The molecule has 12 heteroatoms. The van der Waals surface area contributed by atoms with Crippen LogP contribution in [0.15, 0.2) is 90.0 Å². The lowest BCUT2D eigenvalue weighted by Crippen LogP contribution is -2.33. The molecule has 5 rings (SSSR count). The number of aryl methyl sites for hydroxylation is 1. The zero-order valence-electron chi connectivity index (χ0n) is 22.4. The van der Waals surface area contributed by atoms with Crippen LogP contribution in [-0.2, 0) is 40.4 Å². The minimum atomic E-state index is -4.38. The van der Waals surface area contributed by atoms with Crippen molar-refractivity contribution in [3.8, 4) is 16.3 Å². The average Bonchev–Trinajstić information content (AvgIpc) is 3.56. The van der Waals surface area contributed by atoms with E-state index in [1.807, 2.05) is 19.1 Å². The summed E-state index contributed by atoms with van der Waals surface area (Å²) < 4.78 is 73.3. The van der Waals surface area contributed by atoms with Gasteiger partial charge in [-0.05, 0) is 55.0 Å². The minimum Gasteiger partial charge on any atom is -0.493 e. The monoisotopic (exact) mass is 613 g/mol. The van der Waals surface area contributed by atoms with Crippen LogP contribution in [-0.4, -0.2) is 30.5 Å². The molecular weight excluding hydrogens is 587 g/mol. The van der Waals surface area contributed by atoms with Crippen LogP contribution in [0.3, 0.4) is 0 Å². The molecule has 0 atom stereocenters. The predicted molar refractivity (Wildman–Crippen MR) is 155 cm³/mol. The Kier molecular flexibility index (Phi) is 8.37. The quantitative estimate of drug-likeness (QED) is 0.195. The first-order chi connectivity index (χ1) is 20.0. The Hall–Kier alpha value is -4.16. The number of hydrogen-bond donors (Lipinski definition) is 1. The summed E-state index contributed by atoms with van der Waals surface area (Å²) in [7, 11) is -3.96. The smallest absolute Gasteiger partial charge is 0.416 e. The van der Waals surface area contributed by atoms with Gasteiger partial charge in [-0.2, -0.15) is 13.2 Å². The summed E-state index contributed by atoms with van der Waals surface area (Å²) in [5, 5.41) is 1.48. The molecule has 42 heavy (non-hydrogen) atoms. The van der Waals surface area contributed by atoms with Crippen molar-refractivity contribution in [2.45, 2.75) is 37.4 Å². The lowest BCUT2D eigenvalue weighted by atomic mass is 10.1. The molecule has 2 heterocycles. The van der Waals surface area contributed by atoms with E-state index in [4.69, 9.17) is 4.74 Å². The van der Waals surface area contributed by atoms with Gasteiger partial charge in [0.25, 0.3) is 15.9 Å². The molecule has 5 aromatic rings. The van der Waals surface area contributed by atoms with Gasteiger partial charge in [-0.3, -0.25) is 4.79 Å². The Balaban J connectivity index is 1.20. The SMILES string of the molecule is CCc1sc(-c2ccc(C(F)(F)F)cc2)nc1CCOc1ccc2c(ccn2CC(=O)NS(=O)(=O)c2ccccc2)c1. The molecule has 0 aliphatic heterocycles. The number of carbonyl (C=O) groups is 1. The number of aromatic nitrogens is 2. The number of fused-ring (bicyclic) bond motifs is 1. The van der Waals surface area contributed by atoms with Gasteiger partial charge in [-0.25, -0.2) is 18.1 Å². The summed E-state index contributed by atoms with van der Waals surface area (Å²) in [5.41, 5.74) is 1.53. The third-order valence-corrected chi connectivity index (χ3v) is 9.20. The number of hydrogen-bond acceptors (Lipinski definition) is 6. The molecule has 0 unspecified atom stereocenters. The summed E-state index contributed by atoms with van der Waals surface area (Å²) in [6.07, 6.45) is -1.41. The number of halogens is 3. The largest absolute Gasteiger partial charge is 0.493 e. The zero-order valence-corrected chi connectivity index (χ0v) is 24.0. The molecule has 1 amide bonds. The highest BCUT2D eigenvalue weighted by Gasteiger charge is 2.30. The molecule has 0 radical (unpaired) electrons. The van der Waals surface area contributed by atoms with E-state index in [9.17, 15) is 26.4 Å². The number of amides is 1. The number of nitrogens with one attached hydrogen (secondary N) is 1. The molecule has 0 saturated carbocycles. The van der Waals surface area contributed by atoms with E-state index in [-0.39, 0.29) is 11.4 Å². The molecule has 3 aromatic carbocycles. The maximum Gasteiger partial charge on any atom is 0.416 e. The van der Waals surface area contributed by atoms with Gasteiger partial charge in [0, 0.05) is 34.0 Å². The highest BCUT2D eigenvalue weighted by Crippen LogP contribution is 2.33. The molecule has 0 spiro atoms. The third-order valence-electron chi connectivity index (χ3n) is 6.52. The Morgan fingerprint density at radius 1 is 1.02 bits per heavy atom. The highest BCUT2D eigenvalue weighted by molar-refractivity contribution is 7.90. The molecule has 218 valence electrons. The fourth-order valence-electron chi connectivity index (χ4n) is 4.45.